The van der Waals surface area contributed by atoms with E-state index >= 15 is 0 Å². The van der Waals surface area contributed by atoms with Crippen molar-refractivity contribution in [3.8, 4) is 0 Å². The minimum atomic E-state index is -0.281. The SMILES string of the molecule is C=CC1=CC=CC(=C=O)C1OCCCC. The normalized spacial score (nSPS) is 19.7. The minimum absolute atomic E-state index is 0.281. The van der Waals surface area contributed by atoms with Gasteiger partial charge in [-0.2, -0.15) is 0 Å². The van der Waals surface area contributed by atoms with E-state index in [2.05, 4.69) is 13.5 Å². The van der Waals surface area contributed by atoms with Gasteiger partial charge in [-0.15, -0.1) is 0 Å². The maximum Gasteiger partial charge on any atom is 0.131 e. The Hall–Kier alpha value is -1.37. The van der Waals surface area contributed by atoms with Gasteiger partial charge in [0.1, 0.15) is 12.0 Å². The standard InChI is InChI=1S/C13H16O2/c1-3-5-9-15-13-11(4-2)7-6-8-12(13)10-14/h4,6-8,13H,2-3,5,9H2,1H3. The third kappa shape index (κ3) is 3.05. The van der Waals surface area contributed by atoms with E-state index in [1.54, 1.807) is 12.2 Å². The zero-order chi connectivity index (χ0) is 11.1. The molecular formula is C13H16O2. The monoisotopic (exact) mass is 204 g/mol. The third-order valence-electron chi connectivity index (χ3n) is 2.29. The maximum absolute atomic E-state index is 10.7. The Balaban J connectivity index is 2.71. The van der Waals surface area contributed by atoms with Crippen molar-refractivity contribution in [3.05, 3.63) is 42.0 Å². The molecule has 0 spiro atoms. The van der Waals surface area contributed by atoms with Crippen molar-refractivity contribution in [2.24, 2.45) is 0 Å². The van der Waals surface area contributed by atoms with Crippen LogP contribution in [0, 0.1) is 0 Å². The van der Waals surface area contributed by atoms with Crippen molar-refractivity contribution >= 4 is 5.94 Å². The lowest BCUT2D eigenvalue weighted by atomic mass is 9.97. The quantitative estimate of drug-likeness (QED) is 0.508. The molecule has 0 heterocycles. The molecule has 0 aromatic rings. The van der Waals surface area contributed by atoms with Crippen molar-refractivity contribution in [2.45, 2.75) is 25.9 Å². The van der Waals surface area contributed by atoms with Gasteiger partial charge in [-0.3, -0.25) is 0 Å². The Morgan fingerprint density at radius 3 is 3.07 bits per heavy atom. The molecule has 1 aliphatic rings. The summed E-state index contributed by atoms with van der Waals surface area (Å²) in [6.07, 6.45) is 8.97. The van der Waals surface area contributed by atoms with E-state index in [0.717, 1.165) is 18.4 Å². The highest BCUT2D eigenvalue weighted by Crippen LogP contribution is 2.21. The van der Waals surface area contributed by atoms with E-state index in [-0.39, 0.29) is 6.10 Å². The van der Waals surface area contributed by atoms with Gasteiger partial charge in [0.25, 0.3) is 0 Å². The van der Waals surface area contributed by atoms with Crippen LogP contribution in [0.1, 0.15) is 19.8 Å². The zero-order valence-electron chi connectivity index (χ0n) is 9.03. The summed E-state index contributed by atoms with van der Waals surface area (Å²) in [7, 11) is 0. The van der Waals surface area contributed by atoms with Crippen LogP contribution in [0.25, 0.3) is 0 Å². The van der Waals surface area contributed by atoms with Crippen LogP contribution in [-0.2, 0) is 9.53 Å². The Kier molecular flexibility index (Phi) is 4.82. The van der Waals surface area contributed by atoms with E-state index in [9.17, 15) is 4.79 Å². The Bertz CT molecular complexity index is 330. The van der Waals surface area contributed by atoms with E-state index in [1.165, 1.54) is 0 Å². The van der Waals surface area contributed by atoms with Gasteiger partial charge in [0.2, 0.25) is 0 Å². The Morgan fingerprint density at radius 1 is 1.67 bits per heavy atom. The van der Waals surface area contributed by atoms with Crippen molar-refractivity contribution in [2.75, 3.05) is 6.61 Å². The number of ether oxygens (including phenoxy) is 1. The van der Waals surface area contributed by atoms with Gasteiger partial charge in [-0.1, -0.05) is 38.2 Å². The highest BCUT2D eigenvalue weighted by Gasteiger charge is 2.19. The number of unbranched alkanes of at least 4 members (excludes halogenated alkanes) is 1. The predicted octanol–water partition coefficient (Wildman–Crippen LogP) is 2.61. The molecule has 1 aliphatic carbocycles. The van der Waals surface area contributed by atoms with Crippen molar-refractivity contribution < 1.29 is 9.53 Å². The average Bonchev–Trinajstić information content (AvgIpc) is 2.29. The van der Waals surface area contributed by atoms with Crippen LogP contribution in [0.2, 0.25) is 0 Å². The average molecular weight is 204 g/mol. The topological polar surface area (TPSA) is 26.3 Å². The van der Waals surface area contributed by atoms with Crippen LogP contribution >= 0.6 is 0 Å². The predicted molar refractivity (Wildman–Crippen MR) is 61.3 cm³/mol. The molecule has 0 radical (unpaired) electrons. The van der Waals surface area contributed by atoms with Crippen LogP contribution in [0.5, 0.6) is 0 Å². The minimum Gasteiger partial charge on any atom is -0.368 e. The second-order valence-electron chi connectivity index (χ2n) is 3.39. The zero-order valence-corrected chi connectivity index (χ0v) is 9.03. The second kappa shape index (κ2) is 6.18. The molecule has 0 amide bonds. The lowest BCUT2D eigenvalue weighted by Crippen LogP contribution is -2.20. The molecule has 0 bridgehead atoms. The van der Waals surface area contributed by atoms with Gasteiger partial charge in [-0.05, 0) is 18.1 Å². The lowest BCUT2D eigenvalue weighted by molar-refractivity contribution is 0.102. The van der Waals surface area contributed by atoms with Gasteiger partial charge in [-0.25, -0.2) is 4.79 Å². The van der Waals surface area contributed by atoms with Crippen LogP contribution in [0.15, 0.2) is 42.0 Å². The fourth-order valence-corrected chi connectivity index (χ4v) is 1.41. The number of rotatable bonds is 5. The smallest absolute Gasteiger partial charge is 0.131 e. The van der Waals surface area contributed by atoms with Gasteiger partial charge < -0.3 is 4.74 Å². The van der Waals surface area contributed by atoms with Crippen LogP contribution < -0.4 is 0 Å². The number of hydrogen-bond donors (Lipinski definition) is 0. The molecule has 1 unspecified atom stereocenters. The fourth-order valence-electron chi connectivity index (χ4n) is 1.41. The fraction of sp³-hybridized carbons (Fsp3) is 0.385. The molecule has 0 aliphatic heterocycles. The Labute approximate surface area is 90.6 Å². The summed E-state index contributed by atoms with van der Waals surface area (Å²) in [6, 6.07) is 0. The summed E-state index contributed by atoms with van der Waals surface area (Å²) in [6.45, 7) is 6.47. The largest absolute Gasteiger partial charge is 0.368 e. The van der Waals surface area contributed by atoms with Gasteiger partial charge in [0.15, 0.2) is 0 Å². The van der Waals surface area contributed by atoms with Gasteiger partial charge in [0.05, 0.1) is 5.57 Å². The first-order chi connectivity index (χ1) is 7.33. The molecule has 0 aromatic carbocycles. The van der Waals surface area contributed by atoms with Crippen molar-refractivity contribution in [1.82, 2.24) is 0 Å². The van der Waals surface area contributed by atoms with Crippen LogP contribution in [0.4, 0.5) is 0 Å². The third-order valence-corrected chi connectivity index (χ3v) is 2.29. The molecule has 0 saturated heterocycles. The van der Waals surface area contributed by atoms with Crippen LogP contribution in [0.3, 0.4) is 0 Å². The molecule has 0 saturated carbocycles. The number of hydrogen-bond acceptors (Lipinski definition) is 2. The van der Waals surface area contributed by atoms with E-state index in [4.69, 9.17) is 4.74 Å². The molecule has 15 heavy (non-hydrogen) atoms. The summed E-state index contributed by atoms with van der Waals surface area (Å²) in [5, 5.41) is 0. The lowest BCUT2D eigenvalue weighted by Gasteiger charge is -2.20. The second-order valence-corrected chi connectivity index (χ2v) is 3.39. The molecule has 0 aromatic heterocycles. The van der Waals surface area contributed by atoms with E-state index in [0.29, 0.717) is 12.2 Å². The molecule has 2 heteroatoms. The molecule has 1 rings (SSSR count). The summed E-state index contributed by atoms with van der Waals surface area (Å²) < 4.78 is 5.64. The first-order valence-electron chi connectivity index (χ1n) is 5.20. The van der Waals surface area contributed by atoms with Crippen molar-refractivity contribution in [1.29, 1.82) is 0 Å². The highest BCUT2D eigenvalue weighted by atomic mass is 16.5. The summed E-state index contributed by atoms with van der Waals surface area (Å²) in [5.41, 5.74) is 1.47. The van der Waals surface area contributed by atoms with Crippen LogP contribution in [-0.4, -0.2) is 18.7 Å². The maximum atomic E-state index is 10.7. The summed E-state index contributed by atoms with van der Waals surface area (Å²) >= 11 is 0. The highest BCUT2D eigenvalue weighted by molar-refractivity contribution is 5.63. The molecular weight excluding hydrogens is 188 g/mol. The van der Waals surface area contributed by atoms with E-state index < -0.39 is 0 Å². The molecule has 2 nitrogen and oxygen atoms in total. The van der Waals surface area contributed by atoms with E-state index in [1.807, 2.05) is 18.1 Å². The van der Waals surface area contributed by atoms with Crippen molar-refractivity contribution in [3.63, 3.8) is 0 Å². The first-order valence-corrected chi connectivity index (χ1v) is 5.20. The molecule has 0 fully saturated rings. The summed E-state index contributed by atoms with van der Waals surface area (Å²) in [4.78, 5) is 10.7. The summed E-state index contributed by atoms with van der Waals surface area (Å²) in [5.74, 6) is 1.91. The number of allylic oxidation sites excluding steroid dienone is 2. The van der Waals surface area contributed by atoms with Gasteiger partial charge >= 0.3 is 0 Å². The van der Waals surface area contributed by atoms with Gasteiger partial charge in [0, 0.05) is 6.61 Å². The Morgan fingerprint density at radius 2 is 2.47 bits per heavy atom. The molecule has 1 atom stereocenters. The number of carbonyl (C=O) groups excluding carboxylic acids is 1. The molecule has 0 N–H and O–H groups in total. The first kappa shape index (κ1) is 11.7. The molecule has 80 valence electrons.